The first-order valence-electron chi connectivity index (χ1n) is 6.72. The quantitative estimate of drug-likeness (QED) is 0.857. The molecule has 0 aliphatic carbocycles. The number of fused-ring (bicyclic) bond motifs is 1. The number of nitrogens with zero attached hydrogens (tertiary/aromatic N) is 1. The van der Waals surface area contributed by atoms with Gasteiger partial charge in [0.25, 0.3) is 0 Å². The number of benzene rings is 1. The predicted octanol–water partition coefficient (Wildman–Crippen LogP) is 3.17. The number of thioether (sulfide) groups is 1. The molecule has 1 saturated heterocycles. The predicted molar refractivity (Wildman–Crippen MR) is 73.8 cm³/mol. The molecule has 2 amide bonds. The van der Waals surface area contributed by atoms with Crippen molar-refractivity contribution in [2.75, 3.05) is 18.8 Å². The number of halogens is 1. The van der Waals surface area contributed by atoms with E-state index in [2.05, 4.69) is 5.32 Å². The van der Waals surface area contributed by atoms with Crippen LogP contribution in [0.1, 0.15) is 30.9 Å². The first-order chi connectivity index (χ1) is 9.24. The minimum atomic E-state index is -0.235. The summed E-state index contributed by atoms with van der Waals surface area (Å²) >= 11 is 1.73. The van der Waals surface area contributed by atoms with Gasteiger partial charge < -0.3 is 10.2 Å². The van der Waals surface area contributed by atoms with Crippen LogP contribution in [0.2, 0.25) is 0 Å². The third-order valence-electron chi connectivity index (χ3n) is 3.70. The van der Waals surface area contributed by atoms with Crippen molar-refractivity contribution in [2.45, 2.75) is 30.2 Å². The lowest BCUT2D eigenvalue weighted by molar-refractivity contribution is 0.204. The van der Waals surface area contributed by atoms with Crippen LogP contribution in [0.5, 0.6) is 0 Å². The van der Waals surface area contributed by atoms with E-state index in [0.717, 1.165) is 48.6 Å². The van der Waals surface area contributed by atoms with Crippen LogP contribution in [0.4, 0.5) is 9.18 Å². The van der Waals surface area contributed by atoms with E-state index in [-0.39, 0.29) is 17.9 Å². The van der Waals surface area contributed by atoms with Crippen molar-refractivity contribution >= 4 is 17.8 Å². The van der Waals surface area contributed by atoms with Crippen LogP contribution in [0.15, 0.2) is 23.1 Å². The molecule has 0 spiro atoms. The summed E-state index contributed by atoms with van der Waals surface area (Å²) in [5.41, 5.74) is 0.920. The van der Waals surface area contributed by atoms with Crippen LogP contribution >= 0.6 is 11.8 Å². The molecule has 1 atom stereocenters. The summed E-state index contributed by atoms with van der Waals surface area (Å²) in [6, 6.07) is 4.78. The molecule has 2 aliphatic heterocycles. The van der Waals surface area contributed by atoms with Gasteiger partial charge in [-0.1, -0.05) is 0 Å². The Hall–Kier alpha value is -1.23. The van der Waals surface area contributed by atoms with E-state index in [1.54, 1.807) is 17.8 Å². The summed E-state index contributed by atoms with van der Waals surface area (Å²) in [5, 5.41) is 3.05. The van der Waals surface area contributed by atoms with Gasteiger partial charge in [-0.25, -0.2) is 9.18 Å². The molecule has 1 fully saturated rings. The van der Waals surface area contributed by atoms with Crippen molar-refractivity contribution in [3.63, 3.8) is 0 Å². The SMILES string of the molecule is O=C(NC1CCSc2ccc(F)cc21)N1CCCC1. The van der Waals surface area contributed by atoms with E-state index < -0.39 is 0 Å². The fraction of sp³-hybridized carbons (Fsp3) is 0.500. The normalized spacial score (nSPS) is 22.2. The second-order valence-electron chi connectivity index (χ2n) is 5.02. The Morgan fingerprint density at radius 3 is 2.95 bits per heavy atom. The van der Waals surface area contributed by atoms with Gasteiger partial charge in [0.15, 0.2) is 0 Å². The number of likely N-dealkylation sites (tertiary alicyclic amines) is 1. The highest BCUT2D eigenvalue weighted by Crippen LogP contribution is 2.36. The third-order valence-corrected chi connectivity index (χ3v) is 4.82. The second-order valence-corrected chi connectivity index (χ2v) is 6.15. The first kappa shape index (κ1) is 12.8. The molecule has 2 heterocycles. The number of rotatable bonds is 1. The molecule has 1 aromatic rings. The molecule has 0 bridgehead atoms. The van der Waals surface area contributed by atoms with Crippen molar-refractivity contribution in [1.29, 1.82) is 0 Å². The van der Waals surface area contributed by atoms with Crippen molar-refractivity contribution in [1.82, 2.24) is 10.2 Å². The molecule has 102 valence electrons. The molecule has 1 aromatic carbocycles. The summed E-state index contributed by atoms with van der Waals surface area (Å²) in [6.45, 7) is 1.67. The highest BCUT2D eigenvalue weighted by Gasteiger charge is 2.25. The van der Waals surface area contributed by atoms with Gasteiger partial charge in [0.1, 0.15) is 5.82 Å². The van der Waals surface area contributed by atoms with Gasteiger partial charge in [-0.15, -0.1) is 11.8 Å². The van der Waals surface area contributed by atoms with Gasteiger partial charge in [0.05, 0.1) is 6.04 Å². The molecular weight excluding hydrogens is 263 g/mol. The maximum absolute atomic E-state index is 13.4. The minimum absolute atomic E-state index is 0.00962. The Bertz CT molecular complexity index is 488. The number of nitrogens with one attached hydrogen (secondary N) is 1. The van der Waals surface area contributed by atoms with Crippen molar-refractivity contribution in [3.05, 3.63) is 29.6 Å². The van der Waals surface area contributed by atoms with Gasteiger partial charge in [-0.2, -0.15) is 0 Å². The molecule has 3 rings (SSSR count). The molecule has 3 nitrogen and oxygen atoms in total. The smallest absolute Gasteiger partial charge is 0.317 e. The summed E-state index contributed by atoms with van der Waals surface area (Å²) in [7, 11) is 0. The largest absolute Gasteiger partial charge is 0.331 e. The molecule has 0 radical (unpaired) electrons. The Labute approximate surface area is 116 Å². The maximum Gasteiger partial charge on any atom is 0.317 e. The van der Waals surface area contributed by atoms with E-state index in [4.69, 9.17) is 0 Å². The summed E-state index contributed by atoms with van der Waals surface area (Å²) in [5.74, 6) is 0.727. The fourth-order valence-corrected chi connectivity index (χ4v) is 3.78. The number of hydrogen-bond acceptors (Lipinski definition) is 2. The fourth-order valence-electron chi connectivity index (χ4n) is 2.68. The topological polar surface area (TPSA) is 32.3 Å². The lowest BCUT2D eigenvalue weighted by Gasteiger charge is -2.28. The Balaban J connectivity index is 1.75. The standard InChI is InChI=1S/C14H17FN2OS/c15-10-3-4-13-11(9-10)12(5-8-19-13)16-14(18)17-6-1-2-7-17/h3-4,9,12H,1-2,5-8H2,(H,16,18). The van der Waals surface area contributed by atoms with Crippen LogP contribution < -0.4 is 5.32 Å². The van der Waals surface area contributed by atoms with Crippen LogP contribution in [0, 0.1) is 5.82 Å². The Kier molecular flexibility index (Phi) is 3.64. The van der Waals surface area contributed by atoms with Crippen LogP contribution in [-0.2, 0) is 0 Å². The van der Waals surface area contributed by atoms with Gasteiger partial charge in [0, 0.05) is 23.7 Å². The summed E-state index contributed by atoms with van der Waals surface area (Å²) in [6.07, 6.45) is 3.03. The van der Waals surface area contributed by atoms with E-state index in [9.17, 15) is 9.18 Å². The van der Waals surface area contributed by atoms with Gasteiger partial charge in [0.2, 0.25) is 0 Å². The molecule has 19 heavy (non-hydrogen) atoms. The van der Waals surface area contributed by atoms with Crippen molar-refractivity contribution in [3.8, 4) is 0 Å². The number of amides is 2. The lowest BCUT2D eigenvalue weighted by atomic mass is 10.0. The van der Waals surface area contributed by atoms with Gasteiger partial charge in [-0.3, -0.25) is 0 Å². The molecular formula is C14H17FN2OS. The van der Waals surface area contributed by atoms with E-state index in [1.165, 1.54) is 6.07 Å². The first-order valence-corrected chi connectivity index (χ1v) is 7.70. The zero-order chi connectivity index (χ0) is 13.2. The average Bonchev–Trinajstić information content (AvgIpc) is 2.93. The lowest BCUT2D eigenvalue weighted by Crippen LogP contribution is -2.40. The molecule has 2 aliphatic rings. The molecule has 1 N–H and O–H groups in total. The zero-order valence-corrected chi connectivity index (χ0v) is 11.5. The number of carbonyl (C=O) groups is 1. The molecule has 1 unspecified atom stereocenters. The maximum atomic E-state index is 13.4. The molecule has 0 saturated carbocycles. The number of hydrogen-bond donors (Lipinski definition) is 1. The summed E-state index contributed by atoms with van der Waals surface area (Å²) in [4.78, 5) is 15.1. The van der Waals surface area contributed by atoms with Gasteiger partial charge in [-0.05, 0) is 43.0 Å². The Morgan fingerprint density at radius 1 is 1.37 bits per heavy atom. The van der Waals surface area contributed by atoms with Crippen LogP contribution in [-0.4, -0.2) is 29.8 Å². The number of carbonyl (C=O) groups excluding carboxylic acids is 1. The minimum Gasteiger partial charge on any atom is -0.331 e. The van der Waals surface area contributed by atoms with E-state index in [1.807, 2.05) is 11.0 Å². The third kappa shape index (κ3) is 2.71. The highest BCUT2D eigenvalue weighted by molar-refractivity contribution is 7.99. The van der Waals surface area contributed by atoms with Crippen LogP contribution in [0.25, 0.3) is 0 Å². The summed E-state index contributed by atoms with van der Waals surface area (Å²) < 4.78 is 13.4. The monoisotopic (exact) mass is 280 g/mol. The van der Waals surface area contributed by atoms with E-state index >= 15 is 0 Å². The highest BCUT2D eigenvalue weighted by atomic mass is 32.2. The molecule has 0 aromatic heterocycles. The number of urea groups is 1. The van der Waals surface area contributed by atoms with Crippen molar-refractivity contribution in [2.24, 2.45) is 0 Å². The van der Waals surface area contributed by atoms with Gasteiger partial charge >= 0.3 is 6.03 Å². The Morgan fingerprint density at radius 2 is 2.16 bits per heavy atom. The second kappa shape index (κ2) is 5.41. The average molecular weight is 280 g/mol. The zero-order valence-electron chi connectivity index (χ0n) is 10.7. The van der Waals surface area contributed by atoms with Crippen LogP contribution in [0.3, 0.4) is 0 Å². The molecule has 5 heteroatoms. The van der Waals surface area contributed by atoms with Crippen molar-refractivity contribution < 1.29 is 9.18 Å². The van der Waals surface area contributed by atoms with E-state index in [0.29, 0.717) is 0 Å².